The maximum absolute atomic E-state index is 13.8. The number of hydrogen-bond donors (Lipinski definition) is 2. The van der Waals surface area contributed by atoms with Crippen molar-refractivity contribution < 1.29 is 13.6 Å². The number of likely N-dealkylation sites (N-methyl/N-ethyl adjacent to an activating group) is 1. The average Bonchev–Trinajstić information content (AvgIpc) is 3.08. The fraction of sp³-hybridized carbons (Fsp3) is 0.105. The minimum atomic E-state index is -0.720. The van der Waals surface area contributed by atoms with Gasteiger partial charge in [0.1, 0.15) is 11.6 Å². The summed E-state index contributed by atoms with van der Waals surface area (Å²) >= 11 is 1.41. The van der Waals surface area contributed by atoms with E-state index in [-0.39, 0.29) is 17.7 Å². The number of thiazole rings is 1. The van der Waals surface area contributed by atoms with Gasteiger partial charge in [-0.2, -0.15) is 0 Å². The van der Waals surface area contributed by atoms with Crippen LogP contribution in [0, 0.1) is 17.0 Å². The molecule has 0 aliphatic rings. The van der Waals surface area contributed by atoms with E-state index in [1.165, 1.54) is 30.7 Å². The molecule has 5 nitrogen and oxygen atoms in total. The SMILES string of the molecule is CN(Cc1c(F)cccc1F)C(=O)/C(C=N)=C/Nc1nc2ccccc2s1. The lowest BCUT2D eigenvalue weighted by molar-refractivity contribution is -0.125. The molecule has 0 atom stereocenters. The van der Waals surface area contributed by atoms with Crippen LogP contribution in [0.25, 0.3) is 10.2 Å². The molecular weight excluding hydrogens is 370 g/mol. The predicted molar refractivity (Wildman–Crippen MR) is 103 cm³/mol. The smallest absolute Gasteiger partial charge is 0.256 e. The zero-order valence-electron chi connectivity index (χ0n) is 14.4. The Morgan fingerprint density at radius 1 is 1.22 bits per heavy atom. The van der Waals surface area contributed by atoms with Crippen LogP contribution >= 0.6 is 11.3 Å². The minimum absolute atomic E-state index is 0.0357. The second-order valence-electron chi connectivity index (χ2n) is 5.74. The number of nitrogens with one attached hydrogen (secondary N) is 2. The van der Waals surface area contributed by atoms with E-state index >= 15 is 0 Å². The standard InChI is InChI=1S/C19H16F2N4OS/c1-25(11-13-14(20)5-4-6-15(13)21)18(26)12(9-22)10-23-19-24-16-7-2-3-8-17(16)27-19/h2-10,22H,11H2,1H3,(H,23,24)/b12-10+,22-9?. The Kier molecular flexibility index (Phi) is 5.56. The summed E-state index contributed by atoms with van der Waals surface area (Å²) in [5.74, 6) is -1.98. The molecule has 0 radical (unpaired) electrons. The van der Waals surface area contributed by atoms with Crippen molar-refractivity contribution in [1.29, 1.82) is 5.41 Å². The van der Waals surface area contributed by atoms with Gasteiger partial charge in [0, 0.05) is 25.0 Å². The topological polar surface area (TPSA) is 69.1 Å². The molecular formula is C19H16F2N4OS. The molecule has 2 N–H and O–H groups in total. The van der Waals surface area contributed by atoms with Crippen molar-refractivity contribution in [3.05, 3.63) is 71.4 Å². The number of carbonyl (C=O) groups is 1. The highest BCUT2D eigenvalue weighted by Gasteiger charge is 2.17. The maximum Gasteiger partial charge on any atom is 0.256 e. The first-order chi connectivity index (χ1) is 13.0. The lowest BCUT2D eigenvalue weighted by Crippen LogP contribution is -2.29. The summed E-state index contributed by atoms with van der Waals surface area (Å²) in [5.41, 5.74) is 0.665. The average molecular weight is 386 g/mol. The first-order valence-electron chi connectivity index (χ1n) is 8.00. The molecule has 0 bridgehead atoms. The molecule has 0 saturated heterocycles. The number of fused-ring (bicyclic) bond motifs is 1. The summed E-state index contributed by atoms with van der Waals surface area (Å²) in [6, 6.07) is 11.1. The monoisotopic (exact) mass is 386 g/mol. The number of aromatic nitrogens is 1. The summed E-state index contributed by atoms with van der Waals surface area (Å²) < 4.78 is 28.5. The maximum atomic E-state index is 13.8. The van der Waals surface area contributed by atoms with E-state index in [0.29, 0.717) is 5.13 Å². The normalized spacial score (nSPS) is 11.4. The van der Waals surface area contributed by atoms with Crippen LogP contribution in [0.2, 0.25) is 0 Å². The summed E-state index contributed by atoms with van der Waals surface area (Å²) in [5, 5.41) is 11.0. The first kappa shape index (κ1) is 18.7. The Morgan fingerprint density at radius 3 is 2.59 bits per heavy atom. The number of para-hydroxylation sites is 1. The van der Waals surface area contributed by atoms with Crippen LogP contribution in [-0.2, 0) is 11.3 Å². The van der Waals surface area contributed by atoms with E-state index in [4.69, 9.17) is 5.41 Å². The largest absolute Gasteiger partial charge is 0.337 e. The molecule has 138 valence electrons. The van der Waals surface area contributed by atoms with Gasteiger partial charge >= 0.3 is 0 Å². The Hall–Kier alpha value is -3.13. The van der Waals surface area contributed by atoms with E-state index in [0.717, 1.165) is 33.5 Å². The van der Waals surface area contributed by atoms with E-state index in [1.54, 1.807) is 0 Å². The molecule has 27 heavy (non-hydrogen) atoms. The highest BCUT2D eigenvalue weighted by atomic mass is 32.1. The molecule has 0 unspecified atom stereocenters. The molecule has 1 amide bonds. The van der Waals surface area contributed by atoms with Gasteiger partial charge in [-0.25, -0.2) is 13.8 Å². The Labute approximate surface area is 158 Å². The third kappa shape index (κ3) is 4.17. The van der Waals surface area contributed by atoms with Crippen LogP contribution < -0.4 is 5.32 Å². The van der Waals surface area contributed by atoms with Gasteiger partial charge in [0.05, 0.1) is 22.3 Å². The molecule has 1 heterocycles. The third-order valence-corrected chi connectivity index (χ3v) is 4.82. The van der Waals surface area contributed by atoms with Crippen molar-refractivity contribution in [1.82, 2.24) is 9.88 Å². The summed E-state index contributed by atoms with van der Waals surface area (Å²) in [6.45, 7) is -0.246. The van der Waals surface area contributed by atoms with E-state index in [1.807, 2.05) is 24.3 Å². The molecule has 3 aromatic rings. The van der Waals surface area contributed by atoms with E-state index in [2.05, 4.69) is 10.3 Å². The summed E-state index contributed by atoms with van der Waals surface area (Å²) in [7, 11) is 1.42. The highest BCUT2D eigenvalue weighted by molar-refractivity contribution is 7.22. The van der Waals surface area contributed by atoms with Gasteiger partial charge in [-0.05, 0) is 24.3 Å². The van der Waals surface area contributed by atoms with Gasteiger partial charge in [0.2, 0.25) is 0 Å². The van der Waals surface area contributed by atoms with Gasteiger partial charge in [-0.1, -0.05) is 29.5 Å². The van der Waals surface area contributed by atoms with Crippen molar-refractivity contribution in [2.45, 2.75) is 6.54 Å². The zero-order valence-corrected chi connectivity index (χ0v) is 15.2. The van der Waals surface area contributed by atoms with Crippen LogP contribution in [0.5, 0.6) is 0 Å². The lowest BCUT2D eigenvalue weighted by atomic mass is 10.1. The molecule has 2 aromatic carbocycles. The minimum Gasteiger partial charge on any atom is -0.337 e. The summed E-state index contributed by atoms with van der Waals surface area (Å²) in [6.07, 6.45) is 2.25. The van der Waals surface area contributed by atoms with E-state index < -0.39 is 17.5 Å². The number of benzene rings is 2. The predicted octanol–water partition coefficient (Wildman–Crippen LogP) is 4.18. The Morgan fingerprint density at radius 2 is 1.93 bits per heavy atom. The first-order valence-corrected chi connectivity index (χ1v) is 8.82. The number of anilines is 1. The van der Waals surface area contributed by atoms with Crippen molar-refractivity contribution >= 4 is 38.8 Å². The lowest BCUT2D eigenvalue weighted by Gasteiger charge is -2.18. The summed E-state index contributed by atoms with van der Waals surface area (Å²) in [4.78, 5) is 18.0. The Bertz CT molecular complexity index is 978. The van der Waals surface area contributed by atoms with Crippen molar-refractivity contribution in [3.8, 4) is 0 Å². The van der Waals surface area contributed by atoms with Gasteiger partial charge in [0.15, 0.2) is 5.13 Å². The molecule has 0 spiro atoms. The quantitative estimate of drug-likeness (QED) is 0.493. The zero-order chi connectivity index (χ0) is 19.4. The molecule has 0 aliphatic carbocycles. The molecule has 0 saturated carbocycles. The van der Waals surface area contributed by atoms with Crippen LogP contribution in [0.15, 0.2) is 54.2 Å². The van der Waals surface area contributed by atoms with Crippen molar-refractivity contribution in [3.63, 3.8) is 0 Å². The number of nitrogens with zero attached hydrogens (tertiary/aromatic N) is 2. The Balaban J connectivity index is 1.74. The van der Waals surface area contributed by atoms with Crippen LogP contribution in [0.4, 0.5) is 13.9 Å². The fourth-order valence-electron chi connectivity index (χ4n) is 2.45. The number of amides is 1. The van der Waals surface area contributed by atoms with Gasteiger partial charge in [0.25, 0.3) is 5.91 Å². The van der Waals surface area contributed by atoms with Crippen LogP contribution in [0.3, 0.4) is 0 Å². The van der Waals surface area contributed by atoms with Gasteiger partial charge in [-0.15, -0.1) is 0 Å². The molecule has 3 rings (SSSR count). The number of halogens is 2. The second kappa shape index (κ2) is 8.05. The highest BCUT2D eigenvalue weighted by Crippen LogP contribution is 2.25. The second-order valence-corrected chi connectivity index (χ2v) is 6.77. The number of rotatable bonds is 6. The fourth-order valence-corrected chi connectivity index (χ4v) is 3.29. The third-order valence-electron chi connectivity index (χ3n) is 3.85. The number of hydrogen-bond acceptors (Lipinski definition) is 5. The van der Waals surface area contributed by atoms with Gasteiger partial charge < -0.3 is 15.6 Å². The molecule has 1 aromatic heterocycles. The van der Waals surface area contributed by atoms with Crippen LogP contribution in [-0.4, -0.2) is 29.1 Å². The number of carbonyl (C=O) groups excluding carboxylic acids is 1. The van der Waals surface area contributed by atoms with Gasteiger partial charge in [-0.3, -0.25) is 4.79 Å². The van der Waals surface area contributed by atoms with Crippen molar-refractivity contribution in [2.75, 3.05) is 12.4 Å². The molecule has 8 heteroatoms. The molecule has 0 fully saturated rings. The van der Waals surface area contributed by atoms with E-state index in [9.17, 15) is 13.6 Å². The van der Waals surface area contributed by atoms with Crippen molar-refractivity contribution in [2.24, 2.45) is 0 Å². The molecule has 0 aliphatic heterocycles. The van der Waals surface area contributed by atoms with Crippen LogP contribution in [0.1, 0.15) is 5.56 Å².